The van der Waals surface area contributed by atoms with Gasteiger partial charge in [0, 0.05) is 0 Å². The summed E-state index contributed by atoms with van der Waals surface area (Å²) in [6.45, 7) is 0. The molecule has 0 unspecified atom stereocenters. The van der Waals surface area contributed by atoms with Crippen LogP contribution in [0.15, 0.2) is 30.3 Å². The zero-order valence-corrected chi connectivity index (χ0v) is 12.0. The fourth-order valence-electron chi connectivity index (χ4n) is 0.860. The average molecular weight is 315 g/mol. The summed E-state index contributed by atoms with van der Waals surface area (Å²) in [6.07, 6.45) is 0. The molecule has 0 aliphatic carbocycles. The van der Waals surface area contributed by atoms with Gasteiger partial charge in [0.1, 0.15) is 0 Å². The summed E-state index contributed by atoms with van der Waals surface area (Å²) in [4.78, 5) is 5.07. The van der Waals surface area contributed by atoms with Gasteiger partial charge in [-0.05, 0) is 0 Å². The van der Waals surface area contributed by atoms with Crippen LogP contribution in [0.2, 0.25) is 14.8 Å². The van der Waals surface area contributed by atoms with Crippen LogP contribution in [0.4, 0.5) is 8.78 Å². The number of rotatable bonds is 1. The third kappa shape index (κ3) is 3.49. The van der Waals surface area contributed by atoms with Crippen LogP contribution in [0.3, 0.4) is 0 Å². The first-order valence-corrected chi connectivity index (χ1v) is 14.8. The molecule has 15 heavy (non-hydrogen) atoms. The molecule has 0 N–H and O–H groups in total. The Labute approximate surface area is 93.6 Å². The molecule has 0 bridgehead atoms. The van der Waals surface area contributed by atoms with Crippen molar-refractivity contribution in [1.29, 1.82) is 0 Å². The van der Waals surface area contributed by atoms with Crippen molar-refractivity contribution in [3.8, 4) is 11.8 Å². The summed E-state index contributed by atoms with van der Waals surface area (Å²) >= 11 is -3.27. The first-order chi connectivity index (χ1) is 6.83. The fraction of sp³-hybridized carbons (Fsp3) is 0.333. The van der Waals surface area contributed by atoms with E-state index in [1.54, 1.807) is 39.1 Å². The molecule has 1 rings (SSSR count). The van der Waals surface area contributed by atoms with Crippen molar-refractivity contribution >= 4 is 18.4 Å². The Morgan fingerprint density at radius 2 is 1.60 bits per heavy atom. The van der Waals surface area contributed by atoms with E-state index in [2.05, 4.69) is 11.8 Å². The van der Waals surface area contributed by atoms with Gasteiger partial charge in [-0.25, -0.2) is 0 Å². The van der Waals surface area contributed by atoms with Crippen LogP contribution in [0.1, 0.15) is 5.56 Å². The Balaban J connectivity index is 2.92. The molecular weight excluding hydrogens is 301 g/mol. The maximum atomic E-state index is 13.5. The number of hydrogen-bond acceptors (Lipinski definition) is 0. The van der Waals surface area contributed by atoms with E-state index in [1.165, 1.54) is 0 Å². The molecule has 0 nitrogen and oxygen atoms in total. The van der Waals surface area contributed by atoms with Crippen LogP contribution in [-0.2, 0) is 0 Å². The monoisotopic (exact) mass is 316 g/mol. The molecule has 0 amide bonds. The van der Waals surface area contributed by atoms with Crippen molar-refractivity contribution < 1.29 is 8.78 Å². The minimum atomic E-state index is -3.27. The third-order valence-corrected chi connectivity index (χ3v) is 7.81. The second-order valence-corrected chi connectivity index (χ2v) is 19.1. The molecule has 0 aliphatic rings. The van der Waals surface area contributed by atoms with E-state index in [1.807, 2.05) is 6.07 Å². The van der Waals surface area contributed by atoms with E-state index in [-0.39, 0.29) is 0 Å². The van der Waals surface area contributed by atoms with Gasteiger partial charge in [0.15, 0.2) is 0 Å². The molecule has 0 fully saturated rings. The van der Waals surface area contributed by atoms with E-state index in [0.29, 0.717) is 5.56 Å². The molecule has 1 aromatic carbocycles. The van der Waals surface area contributed by atoms with Crippen molar-refractivity contribution in [2.24, 2.45) is 0 Å². The van der Waals surface area contributed by atoms with Crippen molar-refractivity contribution in [2.45, 2.75) is 18.8 Å². The molecule has 0 aromatic heterocycles. The number of benzene rings is 1. The van der Waals surface area contributed by atoms with Gasteiger partial charge in [-0.1, -0.05) is 0 Å². The second kappa shape index (κ2) is 4.52. The van der Waals surface area contributed by atoms with Crippen molar-refractivity contribution in [1.82, 2.24) is 0 Å². The maximum absolute atomic E-state index is 13.5. The van der Waals surface area contributed by atoms with E-state index in [9.17, 15) is 8.78 Å². The number of alkyl halides is 2. The quantitative estimate of drug-likeness (QED) is 0.549. The van der Waals surface area contributed by atoms with Gasteiger partial charge in [-0.2, -0.15) is 0 Å². The average Bonchev–Trinajstić information content (AvgIpc) is 2.15. The van der Waals surface area contributed by atoms with Crippen molar-refractivity contribution in [3.05, 3.63) is 35.9 Å². The predicted octanol–water partition coefficient (Wildman–Crippen LogP) is 3.55. The number of halogens is 2. The Morgan fingerprint density at radius 1 is 1.07 bits per heavy atom. The molecule has 0 radical (unpaired) electrons. The molecule has 0 spiro atoms. The Kier molecular flexibility index (Phi) is 3.77. The zero-order chi connectivity index (χ0) is 11.5. The Morgan fingerprint density at radius 3 is 2.07 bits per heavy atom. The topological polar surface area (TPSA) is 0 Å². The van der Waals surface area contributed by atoms with Crippen LogP contribution in [0.25, 0.3) is 0 Å². The van der Waals surface area contributed by atoms with Crippen molar-refractivity contribution in [2.75, 3.05) is 0 Å². The van der Waals surface area contributed by atoms with Gasteiger partial charge in [0.25, 0.3) is 0 Å². The van der Waals surface area contributed by atoms with E-state index < -0.39 is 22.3 Å². The van der Waals surface area contributed by atoms with E-state index in [0.717, 1.165) is 0 Å². The van der Waals surface area contributed by atoms with Gasteiger partial charge < -0.3 is 0 Å². The molecular formula is C12H14F2Sn. The second-order valence-electron chi connectivity index (χ2n) is 4.44. The Hall–Kier alpha value is -0.561. The molecule has 0 saturated heterocycles. The first kappa shape index (κ1) is 12.5. The van der Waals surface area contributed by atoms with Gasteiger partial charge in [-0.3, -0.25) is 0 Å². The molecule has 3 heteroatoms. The Bertz CT molecular complexity index is 380. The first-order valence-electron chi connectivity index (χ1n) is 4.79. The molecule has 80 valence electrons. The van der Waals surface area contributed by atoms with Gasteiger partial charge in [0.05, 0.1) is 0 Å². The number of hydrogen-bond donors (Lipinski definition) is 0. The van der Waals surface area contributed by atoms with Crippen LogP contribution in [-0.4, -0.2) is 22.3 Å². The predicted molar refractivity (Wildman–Crippen MR) is 61.6 cm³/mol. The van der Waals surface area contributed by atoms with Crippen LogP contribution in [0.5, 0.6) is 0 Å². The fourth-order valence-corrected chi connectivity index (χ4v) is 2.11. The normalized spacial score (nSPS) is 11.8. The summed E-state index contributed by atoms with van der Waals surface area (Å²) < 4.78 is 24.3. The van der Waals surface area contributed by atoms with E-state index in [4.69, 9.17) is 0 Å². The standard InChI is InChI=1S/C9H5F2.3CH3.Sn/c10-9(11)7-6-8-4-2-1-3-5-8;;;;/h1-5H;3*1H3;. The van der Waals surface area contributed by atoms with Gasteiger partial charge >= 0.3 is 93.7 Å². The SMILES string of the molecule is [CH3][Sn]([CH3])([CH3])[C](F)(F)C#Cc1ccccc1. The summed E-state index contributed by atoms with van der Waals surface area (Å²) in [5.41, 5.74) is 0.646. The third-order valence-electron chi connectivity index (χ3n) is 2.08. The zero-order valence-electron chi connectivity index (χ0n) is 9.14. The van der Waals surface area contributed by atoms with E-state index >= 15 is 0 Å². The van der Waals surface area contributed by atoms with Crippen LogP contribution < -0.4 is 0 Å². The van der Waals surface area contributed by atoms with Gasteiger partial charge in [0.2, 0.25) is 0 Å². The summed E-state index contributed by atoms with van der Waals surface area (Å²) in [6, 6.07) is 8.90. The van der Waals surface area contributed by atoms with Crippen LogP contribution in [0, 0.1) is 11.8 Å². The molecule has 0 heterocycles. The molecule has 0 aliphatic heterocycles. The molecule has 0 atom stereocenters. The molecule has 0 saturated carbocycles. The van der Waals surface area contributed by atoms with Crippen molar-refractivity contribution in [3.63, 3.8) is 0 Å². The summed E-state index contributed by atoms with van der Waals surface area (Å²) in [7, 11) is 0. The van der Waals surface area contributed by atoms with Crippen LogP contribution >= 0.6 is 0 Å². The summed E-state index contributed by atoms with van der Waals surface area (Å²) in [5, 5.41) is 0. The molecule has 1 aromatic rings. The summed E-state index contributed by atoms with van der Waals surface area (Å²) in [5.74, 6) is 4.67. The van der Waals surface area contributed by atoms with Gasteiger partial charge in [-0.15, -0.1) is 0 Å². The minimum absolute atomic E-state index is 0.646.